The molecular formula is C10H10BrN3O. The second-order valence-electron chi connectivity index (χ2n) is 3.51. The lowest BCUT2D eigenvalue weighted by atomic mass is 10.3. The molecule has 3 rings (SSSR count). The topological polar surface area (TPSA) is 43.0 Å². The molecule has 0 amide bonds. The van der Waals surface area contributed by atoms with Crippen LogP contribution in [-0.2, 0) is 13.1 Å². The molecule has 0 saturated carbocycles. The van der Waals surface area contributed by atoms with E-state index in [-0.39, 0.29) is 0 Å². The Morgan fingerprint density at radius 3 is 3.20 bits per heavy atom. The van der Waals surface area contributed by atoms with Gasteiger partial charge >= 0.3 is 0 Å². The maximum atomic E-state index is 5.51. The van der Waals surface area contributed by atoms with Crippen LogP contribution in [0.4, 0.5) is 0 Å². The van der Waals surface area contributed by atoms with Gasteiger partial charge in [-0.1, -0.05) is 0 Å². The third-order valence-electron chi connectivity index (χ3n) is 2.55. The molecule has 0 saturated heterocycles. The number of nitrogens with zero attached hydrogens (tertiary/aromatic N) is 2. The highest BCUT2D eigenvalue weighted by molar-refractivity contribution is 9.10. The van der Waals surface area contributed by atoms with Gasteiger partial charge in [-0.05, 0) is 28.1 Å². The van der Waals surface area contributed by atoms with Crippen molar-refractivity contribution >= 4 is 15.9 Å². The zero-order valence-corrected chi connectivity index (χ0v) is 9.62. The minimum Gasteiger partial charge on any atom is -0.446 e. The molecular weight excluding hydrogens is 258 g/mol. The summed E-state index contributed by atoms with van der Waals surface area (Å²) in [6, 6.07) is 3.82. The van der Waals surface area contributed by atoms with Crippen molar-refractivity contribution in [3.05, 3.63) is 28.7 Å². The quantitative estimate of drug-likeness (QED) is 0.860. The molecule has 0 spiro atoms. The third kappa shape index (κ3) is 1.52. The summed E-state index contributed by atoms with van der Waals surface area (Å²) in [5.74, 6) is 1.73. The number of hydrogen-bond acceptors (Lipinski definition) is 3. The van der Waals surface area contributed by atoms with E-state index in [4.69, 9.17) is 4.42 Å². The second-order valence-corrected chi connectivity index (χ2v) is 4.29. The minimum absolute atomic E-state index is 0.740. The smallest absolute Gasteiger partial charge is 0.176 e. The van der Waals surface area contributed by atoms with Gasteiger partial charge in [0.25, 0.3) is 0 Å². The fourth-order valence-corrected chi connectivity index (χ4v) is 2.15. The Hall–Kier alpha value is -1.07. The first-order chi connectivity index (χ1) is 7.34. The molecule has 3 heterocycles. The number of aromatic nitrogens is 2. The highest BCUT2D eigenvalue weighted by Crippen LogP contribution is 2.25. The standard InChI is InChI=1S/C10H10BrN3O/c11-9-2-1-8(15-9)10-13-6-7-5-12-3-4-14(7)10/h1-2,6,12H,3-5H2. The Kier molecular flexibility index (Phi) is 2.14. The molecule has 0 aromatic carbocycles. The van der Waals surface area contributed by atoms with Crippen molar-refractivity contribution in [2.45, 2.75) is 13.1 Å². The molecule has 78 valence electrons. The molecule has 15 heavy (non-hydrogen) atoms. The highest BCUT2D eigenvalue weighted by Gasteiger charge is 2.16. The van der Waals surface area contributed by atoms with Crippen molar-refractivity contribution in [2.75, 3.05) is 6.54 Å². The van der Waals surface area contributed by atoms with E-state index in [2.05, 4.69) is 30.8 Å². The summed E-state index contributed by atoms with van der Waals surface area (Å²) in [6.07, 6.45) is 1.90. The maximum Gasteiger partial charge on any atom is 0.176 e. The number of furan rings is 1. The van der Waals surface area contributed by atoms with Crippen LogP contribution in [0.2, 0.25) is 0 Å². The lowest BCUT2D eigenvalue weighted by Crippen LogP contribution is -2.27. The Labute approximate surface area is 95.4 Å². The summed E-state index contributed by atoms with van der Waals surface area (Å²) in [4.78, 5) is 4.39. The first-order valence-electron chi connectivity index (χ1n) is 4.85. The van der Waals surface area contributed by atoms with Crippen molar-refractivity contribution in [2.24, 2.45) is 0 Å². The number of halogens is 1. The number of fused-ring (bicyclic) bond motifs is 1. The molecule has 0 atom stereocenters. The summed E-state index contributed by atoms with van der Waals surface area (Å²) in [5.41, 5.74) is 1.21. The average Bonchev–Trinajstić information content (AvgIpc) is 2.83. The van der Waals surface area contributed by atoms with Crippen LogP contribution in [0.5, 0.6) is 0 Å². The fraction of sp³-hybridized carbons (Fsp3) is 0.300. The van der Waals surface area contributed by atoms with Crippen LogP contribution in [0.25, 0.3) is 11.6 Å². The van der Waals surface area contributed by atoms with Crippen LogP contribution in [0, 0.1) is 0 Å². The minimum atomic E-state index is 0.740. The van der Waals surface area contributed by atoms with Gasteiger partial charge in [0.15, 0.2) is 16.3 Å². The molecule has 1 aliphatic rings. The Morgan fingerprint density at radius 2 is 2.40 bits per heavy atom. The first-order valence-corrected chi connectivity index (χ1v) is 5.65. The van der Waals surface area contributed by atoms with Crippen molar-refractivity contribution in [3.8, 4) is 11.6 Å². The van der Waals surface area contributed by atoms with E-state index < -0.39 is 0 Å². The van der Waals surface area contributed by atoms with E-state index in [0.717, 1.165) is 35.9 Å². The fourth-order valence-electron chi connectivity index (χ4n) is 1.84. The van der Waals surface area contributed by atoms with Crippen LogP contribution < -0.4 is 5.32 Å². The predicted octanol–water partition coefficient (Wildman–Crippen LogP) is 2.01. The largest absolute Gasteiger partial charge is 0.446 e. The van der Waals surface area contributed by atoms with Crippen LogP contribution in [0.15, 0.2) is 27.4 Å². The molecule has 1 N–H and O–H groups in total. The molecule has 0 fully saturated rings. The highest BCUT2D eigenvalue weighted by atomic mass is 79.9. The Balaban J connectivity index is 2.08. The summed E-state index contributed by atoms with van der Waals surface area (Å²) in [7, 11) is 0. The normalized spacial score (nSPS) is 15.3. The van der Waals surface area contributed by atoms with Crippen LogP contribution in [0.3, 0.4) is 0 Å². The lowest BCUT2D eigenvalue weighted by molar-refractivity contribution is 0.504. The van der Waals surface area contributed by atoms with Crippen molar-refractivity contribution in [1.82, 2.24) is 14.9 Å². The Bertz CT molecular complexity index is 489. The molecule has 2 aromatic heterocycles. The molecule has 0 radical (unpaired) electrons. The number of hydrogen-bond donors (Lipinski definition) is 1. The summed E-state index contributed by atoms with van der Waals surface area (Å²) in [6.45, 7) is 2.82. The van der Waals surface area contributed by atoms with Crippen LogP contribution >= 0.6 is 15.9 Å². The zero-order valence-electron chi connectivity index (χ0n) is 8.03. The van der Waals surface area contributed by atoms with Gasteiger partial charge in [0.2, 0.25) is 0 Å². The van der Waals surface area contributed by atoms with Crippen molar-refractivity contribution in [3.63, 3.8) is 0 Å². The lowest BCUT2D eigenvalue weighted by Gasteiger charge is -2.16. The summed E-state index contributed by atoms with van der Waals surface area (Å²) in [5, 5.41) is 3.31. The average molecular weight is 268 g/mol. The Morgan fingerprint density at radius 1 is 1.47 bits per heavy atom. The maximum absolute atomic E-state index is 5.51. The molecule has 0 bridgehead atoms. The number of nitrogens with one attached hydrogen (secondary N) is 1. The van der Waals surface area contributed by atoms with Gasteiger partial charge in [-0.15, -0.1) is 0 Å². The summed E-state index contributed by atoms with van der Waals surface area (Å²) >= 11 is 3.30. The van der Waals surface area contributed by atoms with E-state index in [0.29, 0.717) is 0 Å². The number of rotatable bonds is 1. The van der Waals surface area contributed by atoms with E-state index >= 15 is 0 Å². The van der Waals surface area contributed by atoms with Gasteiger partial charge in [0, 0.05) is 19.6 Å². The van der Waals surface area contributed by atoms with Crippen LogP contribution in [0.1, 0.15) is 5.69 Å². The first kappa shape index (κ1) is 9.18. The SMILES string of the molecule is Brc1ccc(-c2ncc3n2CCNC3)o1. The molecule has 0 aliphatic carbocycles. The number of imidazole rings is 1. The van der Waals surface area contributed by atoms with Gasteiger partial charge in [0.05, 0.1) is 11.9 Å². The van der Waals surface area contributed by atoms with Crippen LogP contribution in [-0.4, -0.2) is 16.1 Å². The predicted molar refractivity (Wildman–Crippen MR) is 59.3 cm³/mol. The van der Waals surface area contributed by atoms with Gasteiger partial charge in [-0.2, -0.15) is 0 Å². The van der Waals surface area contributed by atoms with E-state index in [1.54, 1.807) is 0 Å². The van der Waals surface area contributed by atoms with Gasteiger partial charge in [-0.25, -0.2) is 4.98 Å². The monoisotopic (exact) mass is 267 g/mol. The van der Waals surface area contributed by atoms with Gasteiger partial charge < -0.3 is 14.3 Å². The van der Waals surface area contributed by atoms with Crippen molar-refractivity contribution < 1.29 is 4.42 Å². The molecule has 2 aromatic rings. The zero-order chi connectivity index (χ0) is 10.3. The van der Waals surface area contributed by atoms with E-state index in [1.807, 2.05) is 18.3 Å². The van der Waals surface area contributed by atoms with E-state index in [9.17, 15) is 0 Å². The molecule has 0 unspecified atom stereocenters. The molecule has 1 aliphatic heterocycles. The van der Waals surface area contributed by atoms with Gasteiger partial charge in [-0.3, -0.25) is 0 Å². The second kappa shape index (κ2) is 3.50. The third-order valence-corrected chi connectivity index (χ3v) is 2.98. The molecule has 4 nitrogen and oxygen atoms in total. The molecule has 5 heteroatoms. The van der Waals surface area contributed by atoms with Crippen molar-refractivity contribution in [1.29, 1.82) is 0 Å². The van der Waals surface area contributed by atoms with Gasteiger partial charge in [0.1, 0.15) is 0 Å². The summed E-state index contributed by atoms with van der Waals surface area (Å²) < 4.78 is 8.44. The van der Waals surface area contributed by atoms with E-state index in [1.165, 1.54) is 5.69 Å².